The van der Waals surface area contributed by atoms with Gasteiger partial charge in [-0.2, -0.15) is 0 Å². The summed E-state index contributed by atoms with van der Waals surface area (Å²) in [6, 6.07) is 1.97. The van der Waals surface area contributed by atoms with Crippen molar-refractivity contribution < 1.29 is 21.6 Å². The van der Waals surface area contributed by atoms with Crippen LogP contribution in [0.15, 0.2) is 0 Å². The van der Waals surface area contributed by atoms with Gasteiger partial charge < -0.3 is 21.6 Å². The lowest BCUT2D eigenvalue weighted by molar-refractivity contribution is -0.985. The van der Waals surface area contributed by atoms with Gasteiger partial charge in [-0.05, 0) is 41.5 Å². The van der Waals surface area contributed by atoms with Gasteiger partial charge in [0.2, 0.25) is 0 Å². The maximum Gasteiger partial charge on any atom is 0.103 e. The Kier molecular flexibility index (Phi) is 8.77. The molecule has 0 unspecified atom stereocenters. The van der Waals surface area contributed by atoms with E-state index in [0.717, 1.165) is 17.6 Å². The van der Waals surface area contributed by atoms with E-state index in [4.69, 9.17) is 4.74 Å². The lowest BCUT2D eigenvalue weighted by Crippen LogP contribution is -3.00. The Morgan fingerprint density at radius 2 is 1.20 bits per heavy atom. The fraction of sp³-hybridized carbons (Fsp3) is 1.00. The minimum absolute atomic E-state index is 0. The molecule has 0 bridgehead atoms. The molecule has 0 aromatic rings. The van der Waals surface area contributed by atoms with Crippen LogP contribution < -0.4 is 12.4 Å². The Labute approximate surface area is 102 Å². The Morgan fingerprint density at radius 1 is 0.867 bits per heavy atom. The first kappa shape index (κ1) is 17.6. The Bertz CT molecular complexity index is 136. The fourth-order valence-electron chi connectivity index (χ4n) is 2.81. The standard InChI is InChI=1S/C12H28NO.ClH/c1-10(2)13(11(3)4,12(5)6)8-9-14-7;/h10-12H,8-9H2,1-7H3;1H/q+1;/p-1. The molecule has 0 amide bonds. The predicted octanol–water partition coefficient (Wildman–Crippen LogP) is -0.321. The Balaban J connectivity index is 0. The third kappa shape index (κ3) is 3.93. The van der Waals surface area contributed by atoms with E-state index in [1.54, 1.807) is 7.11 Å². The van der Waals surface area contributed by atoms with E-state index in [2.05, 4.69) is 41.5 Å². The molecular weight excluding hydrogens is 210 g/mol. The van der Waals surface area contributed by atoms with Gasteiger partial charge in [0, 0.05) is 7.11 Å². The van der Waals surface area contributed by atoms with E-state index >= 15 is 0 Å². The highest BCUT2D eigenvalue weighted by Crippen LogP contribution is 2.23. The molecule has 0 aliphatic rings. The molecule has 0 aliphatic heterocycles. The quantitative estimate of drug-likeness (QED) is 0.576. The van der Waals surface area contributed by atoms with Crippen LogP contribution in [0.1, 0.15) is 41.5 Å². The summed E-state index contributed by atoms with van der Waals surface area (Å²) in [5.41, 5.74) is 0. The summed E-state index contributed by atoms with van der Waals surface area (Å²) in [6.45, 7) is 15.9. The van der Waals surface area contributed by atoms with Crippen molar-refractivity contribution in [3.8, 4) is 0 Å². The van der Waals surface area contributed by atoms with Gasteiger partial charge in [-0.3, -0.25) is 0 Å². The predicted molar refractivity (Wildman–Crippen MR) is 62.4 cm³/mol. The monoisotopic (exact) mass is 237 g/mol. The fourth-order valence-corrected chi connectivity index (χ4v) is 2.81. The molecule has 0 aliphatic carbocycles. The molecule has 0 saturated heterocycles. The minimum Gasteiger partial charge on any atom is -1.00 e. The lowest BCUT2D eigenvalue weighted by Gasteiger charge is -2.49. The number of hydrogen-bond acceptors (Lipinski definition) is 1. The zero-order valence-corrected chi connectivity index (χ0v) is 12.1. The molecule has 3 heteroatoms. The van der Waals surface area contributed by atoms with Gasteiger partial charge in [0.25, 0.3) is 0 Å². The molecule has 0 spiro atoms. The van der Waals surface area contributed by atoms with E-state index in [1.807, 2.05) is 0 Å². The van der Waals surface area contributed by atoms with Gasteiger partial charge in [0.15, 0.2) is 0 Å². The van der Waals surface area contributed by atoms with Crippen molar-refractivity contribution in [2.75, 3.05) is 20.3 Å². The van der Waals surface area contributed by atoms with Crippen molar-refractivity contribution in [3.05, 3.63) is 0 Å². The second-order valence-corrected chi connectivity index (χ2v) is 4.99. The van der Waals surface area contributed by atoms with Crippen LogP contribution in [-0.2, 0) is 4.74 Å². The average Bonchev–Trinajstić information content (AvgIpc) is 2.03. The second-order valence-electron chi connectivity index (χ2n) is 4.99. The van der Waals surface area contributed by atoms with Crippen molar-refractivity contribution >= 4 is 0 Å². The summed E-state index contributed by atoms with van der Waals surface area (Å²) in [5, 5.41) is 0. The van der Waals surface area contributed by atoms with Crippen molar-refractivity contribution in [3.63, 3.8) is 0 Å². The van der Waals surface area contributed by atoms with Crippen LogP contribution in [0.25, 0.3) is 0 Å². The molecule has 0 atom stereocenters. The SMILES string of the molecule is COCC[N+](C(C)C)(C(C)C)C(C)C.[Cl-]. The third-order valence-corrected chi connectivity index (χ3v) is 3.57. The topological polar surface area (TPSA) is 9.23 Å². The van der Waals surface area contributed by atoms with E-state index in [1.165, 1.54) is 0 Å². The van der Waals surface area contributed by atoms with Crippen molar-refractivity contribution in [2.45, 2.75) is 59.7 Å². The molecule has 0 rings (SSSR count). The highest BCUT2D eigenvalue weighted by molar-refractivity contribution is 4.58. The van der Waals surface area contributed by atoms with Crippen LogP contribution in [0.2, 0.25) is 0 Å². The Morgan fingerprint density at radius 3 is 1.40 bits per heavy atom. The van der Waals surface area contributed by atoms with Gasteiger partial charge in [0.1, 0.15) is 6.54 Å². The molecule has 0 saturated carbocycles. The molecule has 0 N–H and O–H groups in total. The lowest BCUT2D eigenvalue weighted by atomic mass is 10.1. The second kappa shape index (κ2) is 7.48. The normalized spacial score (nSPS) is 12.4. The molecule has 0 aromatic heterocycles. The summed E-state index contributed by atoms with van der Waals surface area (Å²) < 4.78 is 6.38. The first-order valence-corrected chi connectivity index (χ1v) is 5.75. The molecule has 2 nitrogen and oxygen atoms in total. The number of rotatable bonds is 6. The van der Waals surface area contributed by atoms with Crippen LogP contribution in [0.5, 0.6) is 0 Å². The van der Waals surface area contributed by atoms with Crippen molar-refractivity contribution in [1.82, 2.24) is 0 Å². The number of ether oxygens (including phenoxy) is 1. The zero-order valence-electron chi connectivity index (χ0n) is 11.4. The molecule has 0 radical (unpaired) electrons. The Hall–Kier alpha value is 0.210. The highest BCUT2D eigenvalue weighted by atomic mass is 35.5. The average molecular weight is 238 g/mol. The van der Waals surface area contributed by atoms with Crippen molar-refractivity contribution in [1.29, 1.82) is 0 Å². The van der Waals surface area contributed by atoms with E-state index < -0.39 is 0 Å². The molecular formula is C12H28ClNO. The smallest absolute Gasteiger partial charge is 0.103 e. The number of halogens is 1. The van der Waals surface area contributed by atoms with E-state index in [-0.39, 0.29) is 12.4 Å². The van der Waals surface area contributed by atoms with E-state index in [9.17, 15) is 0 Å². The number of quaternary nitrogens is 1. The first-order valence-electron chi connectivity index (χ1n) is 5.75. The van der Waals surface area contributed by atoms with Gasteiger partial charge >= 0.3 is 0 Å². The molecule has 15 heavy (non-hydrogen) atoms. The molecule has 0 heterocycles. The zero-order chi connectivity index (χ0) is 11.4. The summed E-state index contributed by atoms with van der Waals surface area (Å²) in [6.07, 6.45) is 0. The number of nitrogens with zero attached hydrogens (tertiary/aromatic N) is 1. The van der Waals surface area contributed by atoms with E-state index in [0.29, 0.717) is 18.1 Å². The summed E-state index contributed by atoms with van der Waals surface area (Å²) in [4.78, 5) is 0. The van der Waals surface area contributed by atoms with Crippen LogP contribution in [0.3, 0.4) is 0 Å². The van der Waals surface area contributed by atoms with Gasteiger partial charge in [-0.15, -0.1) is 0 Å². The van der Waals surface area contributed by atoms with Crippen LogP contribution in [-0.4, -0.2) is 42.9 Å². The molecule has 0 fully saturated rings. The van der Waals surface area contributed by atoms with Gasteiger partial charge in [0.05, 0.1) is 24.7 Å². The first-order chi connectivity index (χ1) is 6.39. The number of methoxy groups -OCH3 is 1. The minimum atomic E-state index is 0. The van der Waals surface area contributed by atoms with Crippen LogP contribution >= 0.6 is 0 Å². The summed E-state index contributed by atoms with van der Waals surface area (Å²) >= 11 is 0. The van der Waals surface area contributed by atoms with Crippen molar-refractivity contribution in [2.24, 2.45) is 0 Å². The highest BCUT2D eigenvalue weighted by Gasteiger charge is 2.37. The third-order valence-electron chi connectivity index (χ3n) is 3.57. The van der Waals surface area contributed by atoms with Crippen LogP contribution in [0, 0.1) is 0 Å². The van der Waals surface area contributed by atoms with Gasteiger partial charge in [-0.25, -0.2) is 0 Å². The van der Waals surface area contributed by atoms with Gasteiger partial charge in [-0.1, -0.05) is 0 Å². The summed E-state index contributed by atoms with van der Waals surface area (Å²) in [7, 11) is 1.79. The van der Waals surface area contributed by atoms with Crippen LogP contribution in [0.4, 0.5) is 0 Å². The molecule has 94 valence electrons. The maximum absolute atomic E-state index is 5.23. The molecule has 0 aromatic carbocycles. The largest absolute Gasteiger partial charge is 1.00 e. The number of hydrogen-bond donors (Lipinski definition) is 0. The summed E-state index contributed by atoms with van der Waals surface area (Å²) in [5.74, 6) is 0. The maximum atomic E-state index is 5.23.